The van der Waals surface area contributed by atoms with E-state index in [0.717, 1.165) is 13.7 Å². The summed E-state index contributed by atoms with van der Waals surface area (Å²) in [5.41, 5.74) is 0.486. The molecule has 0 spiro atoms. The predicted molar refractivity (Wildman–Crippen MR) is 55.9 cm³/mol. The number of aromatic nitrogens is 2. The summed E-state index contributed by atoms with van der Waals surface area (Å²) in [7, 11) is 0. The standard InChI is InChI=1S/C8H5IN2O2/c9-6-2-1-5-3-4-11(8(12)13)7(5)10-6/h1-4H,(H,12,13). The first kappa shape index (κ1) is 8.49. The molecule has 2 rings (SSSR count). The molecule has 0 atom stereocenters. The molecule has 2 aromatic rings. The van der Waals surface area contributed by atoms with Crippen molar-refractivity contribution in [1.82, 2.24) is 9.55 Å². The van der Waals surface area contributed by atoms with Gasteiger partial charge in [-0.25, -0.2) is 14.3 Å². The number of halogens is 1. The van der Waals surface area contributed by atoms with Gasteiger partial charge in [-0.3, -0.25) is 0 Å². The van der Waals surface area contributed by atoms with Crippen LogP contribution in [0.5, 0.6) is 0 Å². The Morgan fingerprint density at radius 3 is 2.92 bits per heavy atom. The number of fused-ring (bicyclic) bond motifs is 1. The van der Waals surface area contributed by atoms with Gasteiger partial charge in [-0.1, -0.05) is 0 Å². The van der Waals surface area contributed by atoms with E-state index in [1.54, 1.807) is 6.07 Å². The van der Waals surface area contributed by atoms with Gasteiger partial charge in [0, 0.05) is 11.6 Å². The Hall–Kier alpha value is -1.11. The third-order valence-electron chi connectivity index (χ3n) is 1.71. The van der Waals surface area contributed by atoms with Gasteiger partial charge in [0.1, 0.15) is 3.70 Å². The smallest absolute Gasteiger partial charge is 0.417 e. The molecule has 2 aromatic heterocycles. The SMILES string of the molecule is O=C(O)n1ccc2ccc(I)nc21. The summed E-state index contributed by atoms with van der Waals surface area (Å²) in [5.74, 6) is 0. The molecule has 5 heteroatoms. The van der Waals surface area contributed by atoms with Crippen LogP contribution in [0.3, 0.4) is 0 Å². The highest BCUT2D eigenvalue weighted by molar-refractivity contribution is 14.1. The third-order valence-corrected chi connectivity index (χ3v) is 2.31. The highest BCUT2D eigenvalue weighted by atomic mass is 127. The van der Waals surface area contributed by atoms with Crippen LogP contribution in [0.2, 0.25) is 0 Å². The zero-order valence-electron chi connectivity index (χ0n) is 6.44. The minimum absolute atomic E-state index is 0.486. The van der Waals surface area contributed by atoms with Crippen molar-refractivity contribution in [2.75, 3.05) is 0 Å². The monoisotopic (exact) mass is 288 g/mol. The molecule has 0 aliphatic rings. The van der Waals surface area contributed by atoms with Gasteiger partial charge < -0.3 is 5.11 Å². The van der Waals surface area contributed by atoms with Crippen molar-refractivity contribution in [3.63, 3.8) is 0 Å². The van der Waals surface area contributed by atoms with Gasteiger partial charge in [0.2, 0.25) is 0 Å². The molecule has 13 heavy (non-hydrogen) atoms. The fraction of sp³-hybridized carbons (Fsp3) is 0. The van der Waals surface area contributed by atoms with Gasteiger partial charge in [0.25, 0.3) is 0 Å². The van der Waals surface area contributed by atoms with Gasteiger partial charge >= 0.3 is 6.09 Å². The van der Waals surface area contributed by atoms with E-state index in [1.165, 1.54) is 6.20 Å². The Morgan fingerprint density at radius 1 is 1.46 bits per heavy atom. The summed E-state index contributed by atoms with van der Waals surface area (Å²) >= 11 is 2.05. The molecule has 0 radical (unpaired) electrons. The average Bonchev–Trinajstić information content (AvgIpc) is 2.46. The van der Waals surface area contributed by atoms with Gasteiger partial charge in [0.05, 0.1) is 0 Å². The van der Waals surface area contributed by atoms with E-state index in [-0.39, 0.29) is 0 Å². The van der Waals surface area contributed by atoms with Crippen LogP contribution >= 0.6 is 22.6 Å². The third kappa shape index (κ3) is 1.39. The van der Waals surface area contributed by atoms with Crippen LogP contribution < -0.4 is 0 Å². The van der Waals surface area contributed by atoms with Crippen LogP contribution in [0.15, 0.2) is 24.4 Å². The lowest BCUT2D eigenvalue weighted by Crippen LogP contribution is -2.06. The van der Waals surface area contributed by atoms with Crippen LogP contribution in [-0.2, 0) is 0 Å². The average molecular weight is 288 g/mol. The number of hydrogen-bond donors (Lipinski definition) is 1. The lowest BCUT2D eigenvalue weighted by atomic mass is 10.3. The van der Waals surface area contributed by atoms with Gasteiger partial charge in [-0.05, 0) is 40.8 Å². The molecule has 0 aliphatic carbocycles. The fourth-order valence-corrected chi connectivity index (χ4v) is 1.55. The topological polar surface area (TPSA) is 55.1 Å². The Kier molecular flexibility index (Phi) is 1.95. The van der Waals surface area contributed by atoms with Crippen molar-refractivity contribution >= 4 is 39.7 Å². The number of pyridine rings is 1. The molecule has 1 N–H and O–H groups in total. The Morgan fingerprint density at radius 2 is 2.23 bits per heavy atom. The van der Waals surface area contributed by atoms with Gasteiger partial charge in [-0.2, -0.15) is 0 Å². The molecule has 0 amide bonds. The first-order chi connectivity index (χ1) is 6.18. The molecule has 2 heterocycles. The van der Waals surface area contributed by atoms with E-state index in [4.69, 9.17) is 5.11 Å². The summed E-state index contributed by atoms with van der Waals surface area (Å²) < 4.78 is 1.89. The number of nitrogens with zero attached hydrogens (tertiary/aromatic N) is 2. The minimum atomic E-state index is -1.01. The lowest BCUT2D eigenvalue weighted by Gasteiger charge is -1.96. The molecule has 0 aromatic carbocycles. The summed E-state index contributed by atoms with van der Waals surface area (Å²) in [5, 5.41) is 9.62. The highest BCUT2D eigenvalue weighted by Gasteiger charge is 2.07. The van der Waals surface area contributed by atoms with Crippen LogP contribution in [0.1, 0.15) is 0 Å². The Balaban J connectivity index is 2.79. The number of hydrogen-bond acceptors (Lipinski definition) is 2. The Bertz CT molecular complexity index is 478. The summed E-state index contributed by atoms with van der Waals surface area (Å²) in [6.07, 6.45) is 0.486. The maximum Gasteiger partial charge on any atom is 0.417 e. The minimum Gasteiger partial charge on any atom is -0.464 e. The molecule has 0 aliphatic heterocycles. The molecule has 0 bridgehead atoms. The van der Waals surface area contributed by atoms with Crippen molar-refractivity contribution < 1.29 is 9.90 Å². The van der Waals surface area contributed by atoms with Crippen LogP contribution in [0.4, 0.5) is 4.79 Å². The molecule has 0 saturated heterocycles. The van der Waals surface area contributed by atoms with E-state index < -0.39 is 6.09 Å². The van der Waals surface area contributed by atoms with Crippen LogP contribution in [0, 0.1) is 3.70 Å². The van der Waals surface area contributed by atoms with E-state index in [0.29, 0.717) is 5.65 Å². The molecular weight excluding hydrogens is 283 g/mol. The quantitative estimate of drug-likeness (QED) is 0.597. The number of carbonyl (C=O) groups is 1. The first-order valence-corrected chi connectivity index (χ1v) is 4.63. The molecule has 0 unspecified atom stereocenters. The van der Waals surface area contributed by atoms with Gasteiger partial charge in [-0.15, -0.1) is 0 Å². The zero-order chi connectivity index (χ0) is 9.42. The van der Waals surface area contributed by atoms with E-state index in [1.807, 2.05) is 34.7 Å². The summed E-state index contributed by atoms with van der Waals surface area (Å²) in [6, 6.07) is 5.42. The molecule has 4 nitrogen and oxygen atoms in total. The fourth-order valence-electron chi connectivity index (χ4n) is 1.14. The van der Waals surface area contributed by atoms with Crippen LogP contribution in [-0.4, -0.2) is 20.8 Å². The normalized spacial score (nSPS) is 10.5. The van der Waals surface area contributed by atoms with Crippen molar-refractivity contribution in [3.8, 4) is 0 Å². The number of rotatable bonds is 0. The molecular formula is C8H5IN2O2. The summed E-state index contributed by atoms with van der Waals surface area (Å²) in [6.45, 7) is 0. The predicted octanol–water partition coefficient (Wildman–Crippen LogP) is 2.17. The molecule has 0 saturated carbocycles. The second-order valence-corrected chi connectivity index (χ2v) is 3.62. The maximum absolute atomic E-state index is 10.7. The Labute approximate surface area is 87.3 Å². The second-order valence-electron chi connectivity index (χ2n) is 2.52. The number of carboxylic acid groups (broad SMARTS) is 1. The molecule has 0 fully saturated rings. The van der Waals surface area contributed by atoms with Crippen molar-refractivity contribution in [3.05, 3.63) is 28.1 Å². The largest absolute Gasteiger partial charge is 0.464 e. The van der Waals surface area contributed by atoms with Crippen molar-refractivity contribution in [2.24, 2.45) is 0 Å². The highest BCUT2D eigenvalue weighted by Crippen LogP contribution is 2.14. The van der Waals surface area contributed by atoms with Crippen molar-refractivity contribution in [1.29, 1.82) is 0 Å². The maximum atomic E-state index is 10.7. The van der Waals surface area contributed by atoms with E-state index in [9.17, 15) is 4.79 Å². The lowest BCUT2D eigenvalue weighted by molar-refractivity contribution is 0.197. The van der Waals surface area contributed by atoms with Crippen molar-refractivity contribution in [2.45, 2.75) is 0 Å². The zero-order valence-corrected chi connectivity index (χ0v) is 8.59. The molecule has 66 valence electrons. The second kappa shape index (κ2) is 2.99. The summed E-state index contributed by atoms with van der Waals surface area (Å²) in [4.78, 5) is 14.8. The van der Waals surface area contributed by atoms with E-state index >= 15 is 0 Å². The van der Waals surface area contributed by atoms with E-state index in [2.05, 4.69) is 4.98 Å². The first-order valence-electron chi connectivity index (χ1n) is 3.55. The van der Waals surface area contributed by atoms with Crippen LogP contribution in [0.25, 0.3) is 11.0 Å². The van der Waals surface area contributed by atoms with Gasteiger partial charge in [0.15, 0.2) is 5.65 Å².